The molecule has 27 heavy (non-hydrogen) atoms. The number of nitrogens with zero attached hydrogens (tertiary/aromatic N) is 2. The first-order chi connectivity index (χ1) is 13.0. The predicted octanol–water partition coefficient (Wildman–Crippen LogP) is 4.41. The molecule has 0 fully saturated rings. The lowest BCUT2D eigenvalue weighted by atomic mass is 10.2. The molecule has 1 heterocycles. The van der Waals surface area contributed by atoms with Crippen molar-refractivity contribution in [2.24, 2.45) is 5.10 Å². The number of carbonyl (C=O) groups excluding carboxylic acids is 1. The van der Waals surface area contributed by atoms with Gasteiger partial charge in [-0.25, -0.2) is 5.43 Å². The minimum atomic E-state index is -0.503. The Hall–Kier alpha value is -3.39. The van der Waals surface area contributed by atoms with Gasteiger partial charge in [0, 0.05) is 16.5 Å². The zero-order valence-electron chi connectivity index (χ0n) is 14.3. The molecule has 8 heteroatoms. The fraction of sp³-hybridized carbons (Fsp3) is 0.0526. The third-order valence-corrected chi connectivity index (χ3v) is 4.63. The summed E-state index contributed by atoms with van der Waals surface area (Å²) in [5.41, 5.74) is 3.89. The molecule has 0 bridgehead atoms. The van der Waals surface area contributed by atoms with E-state index in [0.29, 0.717) is 10.5 Å². The van der Waals surface area contributed by atoms with Gasteiger partial charge in [-0.1, -0.05) is 35.5 Å². The summed E-state index contributed by atoms with van der Waals surface area (Å²) in [5, 5.41) is 15.2. The van der Waals surface area contributed by atoms with Crippen LogP contribution in [0, 0.1) is 17.0 Å². The number of nitrogens with one attached hydrogen (secondary N) is 1. The van der Waals surface area contributed by atoms with Crippen LogP contribution in [0.3, 0.4) is 0 Å². The van der Waals surface area contributed by atoms with Crippen LogP contribution in [0.2, 0.25) is 0 Å². The Morgan fingerprint density at radius 3 is 2.67 bits per heavy atom. The number of hydrogen-bond donors (Lipinski definition) is 1. The summed E-state index contributed by atoms with van der Waals surface area (Å²) < 4.78 is 4.95. The number of carbonyl (C=O) groups is 1. The van der Waals surface area contributed by atoms with Crippen molar-refractivity contribution in [3.8, 4) is 0 Å². The summed E-state index contributed by atoms with van der Waals surface area (Å²) in [7, 11) is 0. The molecule has 3 rings (SSSR count). The van der Waals surface area contributed by atoms with Gasteiger partial charge in [-0.15, -0.1) is 0 Å². The lowest BCUT2D eigenvalue weighted by molar-refractivity contribution is -0.387. The number of rotatable bonds is 6. The summed E-state index contributed by atoms with van der Waals surface area (Å²) in [5.74, 6) is -0.375. The number of benzene rings is 2. The molecular formula is C19H15N3O4S. The van der Waals surface area contributed by atoms with Crippen molar-refractivity contribution in [3.05, 3.63) is 87.9 Å². The van der Waals surface area contributed by atoms with Crippen LogP contribution in [-0.4, -0.2) is 17.0 Å². The lowest BCUT2D eigenvalue weighted by Crippen LogP contribution is -2.16. The second-order valence-electron chi connectivity index (χ2n) is 5.58. The SMILES string of the molecule is Cc1ccc(Sc2ccc(/C=N/NC(=O)c3ccco3)cc2[N+](=O)[O-])cc1. The average molecular weight is 381 g/mol. The zero-order valence-corrected chi connectivity index (χ0v) is 15.1. The lowest BCUT2D eigenvalue weighted by Gasteiger charge is -2.04. The topological polar surface area (TPSA) is 97.7 Å². The maximum atomic E-state index is 11.7. The Labute approximate surface area is 159 Å². The predicted molar refractivity (Wildman–Crippen MR) is 102 cm³/mol. The van der Waals surface area contributed by atoms with E-state index in [-0.39, 0.29) is 11.4 Å². The summed E-state index contributed by atoms with van der Waals surface area (Å²) in [6.07, 6.45) is 2.72. The van der Waals surface area contributed by atoms with E-state index < -0.39 is 10.8 Å². The fourth-order valence-electron chi connectivity index (χ4n) is 2.21. The highest BCUT2D eigenvalue weighted by Gasteiger charge is 2.15. The molecule has 3 aromatic rings. The molecule has 0 atom stereocenters. The monoisotopic (exact) mass is 381 g/mol. The molecule has 0 saturated carbocycles. The van der Waals surface area contributed by atoms with E-state index in [1.165, 1.54) is 36.4 Å². The van der Waals surface area contributed by atoms with Crippen molar-refractivity contribution < 1.29 is 14.1 Å². The highest BCUT2D eigenvalue weighted by Crippen LogP contribution is 2.35. The fourth-order valence-corrected chi connectivity index (χ4v) is 3.11. The second-order valence-corrected chi connectivity index (χ2v) is 6.69. The second kappa shape index (κ2) is 8.33. The van der Waals surface area contributed by atoms with E-state index in [2.05, 4.69) is 10.5 Å². The molecular weight excluding hydrogens is 366 g/mol. The average Bonchev–Trinajstić information content (AvgIpc) is 3.19. The minimum absolute atomic E-state index is 0.0260. The number of furan rings is 1. The zero-order chi connectivity index (χ0) is 19.2. The first-order valence-electron chi connectivity index (χ1n) is 7.93. The summed E-state index contributed by atoms with van der Waals surface area (Å²) in [6.45, 7) is 1.98. The molecule has 0 aliphatic rings. The van der Waals surface area contributed by atoms with Crippen molar-refractivity contribution >= 4 is 29.6 Å². The van der Waals surface area contributed by atoms with Gasteiger partial charge in [0.25, 0.3) is 5.69 Å². The van der Waals surface area contributed by atoms with Gasteiger partial charge in [0.05, 0.1) is 22.3 Å². The van der Waals surface area contributed by atoms with Crippen LogP contribution in [0.4, 0.5) is 5.69 Å². The summed E-state index contributed by atoms with van der Waals surface area (Å²) in [6, 6.07) is 15.6. The molecule has 0 aliphatic carbocycles. The largest absolute Gasteiger partial charge is 0.459 e. The number of hydrogen-bond acceptors (Lipinski definition) is 6. The van der Waals surface area contributed by atoms with Gasteiger partial charge in [0.1, 0.15) is 0 Å². The van der Waals surface area contributed by atoms with Crippen LogP contribution < -0.4 is 5.43 Å². The Morgan fingerprint density at radius 2 is 2.00 bits per heavy atom. The maximum Gasteiger partial charge on any atom is 0.307 e. The van der Waals surface area contributed by atoms with E-state index in [1.54, 1.807) is 18.2 Å². The van der Waals surface area contributed by atoms with Crippen molar-refractivity contribution in [1.82, 2.24) is 5.43 Å². The standard InChI is InChI=1S/C19H15N3O4S/c1-13-4-7-15(8-5-13)27-18-9-6-14(11-16(18)22(24)25)12-20-21-19(23)17-3-2-10-26-17/h2-12H,1H3,(H,21,23)/b20-12+. The van der Waals surface area contributed by atoms with Crippen molar-refractivity contribution in [3.63, 3.8) is 0 Å². The molecule has 7 nitrogen and oxygen atoms in total. The van der Waals surface area contributed by atoms with Gasteiger partial charge in [0.2, 0.25) is 0 Å². The maximum absolute atomic E-state index is 11.7. The van der Waals surface area contributed by atoms with Crippen molar-refractivity contribution in [2.45, 2.75) is 16.7 Å². The third-order valence-electron chi connectivity index (χ3n) is 3.55. The minimum Gasteiger partial charge on any atom is -0.459 e. The number of nitro groups is 1. The van der Waals surface area contributed by atoms with Crippen LogP contribution in [0.5, 0.6) is 0 Å². The van der Waals surface area contributed by atoms with Crippen molar-refractivity contribution in [1.29, 1.82) is 0 Å². The Bertz CT molecular complexity index is 983. The molecule has 0 spiro atoms. The van der Waals surface area contributed by atoms with Crippen LogP contribution in [0.15, 0.2) is 80.2 Å². The van der Waals surface area contributed by atoms with Gasteiger partial charge in [-0.2, -0.15) is 5.10 Å². The van der Waals surface area contributed by atoms with Gasteiger partial charge >= 0.3 is 5.91 Å². The van der Waals surface area contributed by atoms with Crippen LogP contribution in [-0.2, 0) is 0 Å². The summed E-state index contributed by atoms with van der Waals surface area (Å²) >= 11 is 1.32. The Morgan fingerprint density at radius 1 is 1.22 bits per heavy atom. The highest BCUT2D eigenvalue weighted by molar-refractivity contribution is 7.99. The van der Waals surface area contributed by atoms with E-state index in [9.17, 15) is 14.9 Å². The molecule has 0 unspecified atom stereocenters. The smallest absolute Gasteiger partial charge is 0.307 e. The summed E-state index contributed by atoms with van der Waals surface area (Å²) in [4.78, 5) is 24.1. The quantitative estimate of drug-likeness (QED) is 0.387. The molecule has 136 valence electrons. The van der Waals surface area contributed by atoms with Gasteiger partial charge in [-0.05, 0) is 37.3 Å². The van der Waals surface area contributed by atoms with E-state index in [1.807, 2.05) is 31.2 Å². The van der Waals surface area contributed by atoms with E-state index in [4.69, 9.17) is 4.42 Å². The molecule has 2 aromatic carbocycles. The Kier molecular flexibility index (Phi) is 5.68. The molecule has 1 N–H and O–H groups in total. The van der Waals surface area contributed by atoms with Crippen LogP contribution in [0.1, 0.15) is 21.7 Å². The van der Waals surface area contributed by atoms with Gasteiger partial charge in [-0.3, -0.25) is 14.9 Å². The first-order valence-corrected chi connectivity index (χ1v) is 8.74. The van der Waals surface area contributed by atoms with Gasteiger partial charge in [0.15, 0.2) is 5.76 Å². The molecule has 1 amide bonds. The number of nitro benzene ring substituents is 1. The van der Waals surface area contributed by atoms with Crippen molar-refractivity contribution in [2.75, 3.05) is 0 Å². The molecule has 0 aliphatic heterocycles. The third kappa shape index (κ3) is 4.83. The number of hydrazone groups is 1. The number of amides is 1. The molecule has 0 radical (unpaired) electrons. The number of aryl methyl sites for hydroxylation is 1. The molecule has 0 saturated heterocycles. The van der Waals surface area contributed by atoms with Gasteiger partial charge < -0.3 is 4.42 Å². The Balaban J connectivity index is 1.74. The van der Waals surface area contributed by atoms with Crippen LogP contribution in [0.25, 0.3) is 0 Å². The van der Waals surface area contributed by atoms with Crippen LogP contribution >= 0.6 is 11.8 Å². The highest BCUT2D eigenvalue weighted by atomic mass is 32.2. The molecule has 1 aromatic heterocycles. The normalized spacial score (nSPS) is 10.9. The first kappa shape index (κ1) is 18.4. The van der Waals surface area contributed by atoms with E-state index >= 15 is 0 Å². The van der Waals surface area contributed by atoms with E-state index in [0.717, 1.165) is 10.5 Å².